The number of nitrogens with one attached hydrogen (secondary N) is 2. The van der Waals surface area contributed by atoms with Crippen molar-refractivity contribution in [2.75, 3.05) is 17.2 Å². The number of fused-ring (bicyclic) bond motifs is 1. The van der Waals surface area contributed by atoms with E-state index >= 15 is 0 Å². The molecule has 3 N–H and O–H groups in total. The summed E-state index contributed by atoms with van der Waals surface area (Å²) in [7, 11) is 0. The standard InChI is InChI=1S/C23H22N6O2/c1-15-20(22(31)26-18-6-3-2-4-7-18)21(17-11-9-16(14-24)10-12-17)29-23(25-15)27-19(28-29)8-5-13-30/h2-4,6-7,9-12,21,30H,5,8,13H2,1H3,(H,26,31)(H,25,27,28). The molecule has 156 valence electrons. The normalized spacial score (nSPS) is 15.1. The minimum absolute atomic E-state index is 0.0539. The van der Waals surface area contributed by atoms with Crippen LogP contribution in [0.3, 0.4) is 0 Å². The first kappa shape index (κ1) is 20.3. The molecule has 1 atom stereocenters. The van der Waals surface area contributed by atoms with Crippen molar-refractivity contribution in [2.45, 2.75) is 25.8 Å². The Labute approximate surface area is 179 Å². The molecule has 0 aliphatic carbocycles. The van der Waals surface area contributed by atoms with Crippen LogP contribution in [-0.4, -0.2) is 32.4 Å². The van der Waals surface area contributed by atoms with Crippen LogP contribution < -0.4 is 10.6 Å². The summed E-state index contributed by atoms with van der Waals surface area (Å²) in [5, 5.41) is 29.0. The molecule has 0 fully saturated rings. The van der Waals surface area contributed by atoms with Gasteiger partial charge in [-0.2, -0.15) is 15.3 Å². The summed E-state index contributed by atoms with van der Waals surface area (Å²) < 4.78 is 1.70. The van der Waals surface area contributed by atoms with Crippen LogP contribution in [0.25, 0.3) is 0 Å². The number of carbonyl (C=O) groups is 1. The maximum Gasteiger partial charge on any atom is 0.255 e. The van der Waals surface area contributed by atoms with Gasteiger partial charge in [0.25, 0.3) is 5.91 Å². The Bertz CT molecular complexity index is 1160. The maximum atomic E-state index is 13.3. The molecule has 2 aromatic carbocycles. The largest absolute Gasteiger partial charge is 0.396 e. The number of aryl methyl sites for hydroxylation is 1. The lowest BCUT2D eigenvalue weighted by Gasteiger charge is -2.28. The first-order chi connectivity index (χ1) is 15.1. The van der Waals surface area contributed by atoms with Crippen molar-refractivity contribution < 1.29 is 9.90 Å². The Morgan fingerprint density at radius 1 is 1.23 bits per heavy atom. The predicted molar refractivity (Wildman–Crippen MR) is 116 cm³/mol. The summed E-state index contributed by atoms with van der Waals surface area (Å²) in [4.78, 5) is 17.9. The average Bonchev–Trinajstić information content (AvgIpc) is 3.19. The third-order valence-corrected chi connectivity index (χ3v) is 5.09. The van der Waals surface area contributed by atoms with Crippen LogP contribution in [0.1, 0.15) is 36.3 Å². The zero-order valence-corrected chi connectivity index (χ0v) is 17.0. The van der Waals surface area contributed by atoms with Crippen molar-refractivity contribution in [3.05, 3.63) is 82.8 Å². The number of amides is 1. The molecule has 1 aliphatic rings. The number of benzene rings is 2. The van der Waals surface area contributed by atoms with E-state index in [1.807, 2.05) is 49.4 Å². The molecule has 1 aromatic heterocycles. The van der Waals surface area contributed by atoms with Crippen molar-refractivity contribution in [2.24, 2.45) is 0 Å². The Kier molecular flexibility index (Phi) is 5.78. The molecule has 2 heterocycles. The SMILES string of the molecule is CC1=C(C(=O)Nc2ccccc2)C(c2ccc(C#N)cc2)n2nc(CCCO)nc2N1. The molecule has 8 heteroatoms. The summed E-state index contributed by atoms with van der Waals surface area (Å²) in [6.07, 6.45) is 1.08. The molecule has 8 nitrogen and oxygen atoms in total. The van der Waals surface area contributed by atoms with E-state index in [1.54, 1.807) is 16.8 Å². The van der Waals surface area contributed by atoms with Crippen LogP contribution in [-0.2, 0) is 11.2 Å². The van der Waals surface area contributed by atoms with Gasteiger partial charge in [0.05, 0.1) is 17.2 Å². The molecular weight excluding hydrogens is 392 g/mol. The number of para-hydroxylation sites is 1. The highest BCUT2D eigenvalue weighted by atomic mass is 16.3. The number of hydrogen-bond donors (Lipinski definition) is 3. The smallest absolute Gasteiger partial charge is 0.255 e. The Balaban J connectivity index is 1.76. The summed E-state index contributed by atoms with van der Waals surface area (Å²) in [5.41, 5.74) is 3.24. The minimum Gasteiger partial charge on any atom is -0.396 e. The average molecular weight is 414 g/mol. The van der Waals surface area contributed by atoms with Crippen molar-refractivity contribution in [1.29, 1.82) is 5.26 Å². The van der Waals surface area contributed by atoms with Gasteiger partial charge in [0, 0.05) is 24.4 Å². The van der Waals surface area contributed by atoms with Crippen LogP contribution in [0, 0.1) is 11.3 Å². The van der Waals surface area contributed by atoms with Crippen LogP contribution in [0.4, 0.5) is 11.6 Å². The lowest BCUT2D eigenvalue weighted by atomic mass is 9.94. The van der Waals surface area contributed by atoms with E-state index in [2.05, 4.69) is 26.8 Å². The first-order valence-electron chi connectivity index (χ1n) is 10.0. The lowest BCUT2D eigenvalue weighted by molar-refractivity contribution is -0.113. The van der Waals surface area contributed by atoms with Crippen molar-refractivity contribution in [3.8, 4) is 6.07 Å². The number of rotatable bonds is 6. The van der Waals surface area contributed by atoms with E-state index in [1.165, 1.54) is 0 Å². The van der Waals surface area contributed by atoms with E-state index in [9.17, 15) is 4.79 Å². The number of hydrogen-bond acceptors (Lipinski definition) is 6. The summed E-state index contributed by atoms with van der Waals surface area (Å²) in [5.74, 6) is 0.882. The minimum atomic E-state index is -0.511. The number of allylic oxidation sites excluding steroid dienone is 1. The van der Waals surface area contributed by atoms with E-state index in [0.717, 1.165) is 5.56 Å². The van der Waals surface area contributed by atoms with Crippen molar-refractivity contribution >= 4 is 17.5 Å². The topological polar surface area (TPSA) is 116 Å². The van der Waals surface area contributed by atoms with Crippen LogP contribution in [0.5, 0.6) is 0 Å². The van der Waals surface area contributed by atoms with E-state index in [0.29, 0.717) is 47.1 Å². The molecule has 1 aliphatic heterocycles. The van der Waals surface area contributed by atoms with E-state index < -0.39 is 6.04 Å². The Morgan fingerprint density at radius 2 is 1.97 bits per heavy atom. The molecule has 1 amide bonds. The van der Waals surface area contributed by atoms with E-state index in [-0.39, 0.29) is 12.5 Å². The summed E-state index contributed by atoms with van der Waals surface area (Å²) in [6, 6.07) is 18.0. The number of carbonyl (C=O) groups excluding carboxylic acids is 1. The number of aliphatic hydroxyl groups is 1. The third-order valence-electron chi connectivity index (χ3n) is 5.09. The molecule has 4 rings (SSSR count). The van der Waals surface area contributed by atoms with Gasteiger partial charge in [0.1, 0.15) is 6.04 Å². The quantitative estimate of drug-likeness (QED) is 0.571. The fourth-order valence-corrected chi connectivity index (χ4v) is 3.60. The maximum absolute atomic E-state index is 13.3. The van der Waals surface area contributed by atoms with Gasteiger partial charge in [-0.25, -0.2) is 4.68 Å². The highest BCUT2D eigenvalue weighted by Gasteiger charge is 2.34. The van der Waals surface area contributed by atoms with Gasteiger partial charge in [-0.1, -0.05) is 30.3 Å². The monoisotopic (exact) mass is 414 g/mol. The van der Waals surface area contributed by atoms with Gasteiger partial charge >= 0.3 is 0 Å². The van der Waals surface area contributed by atoms with Gasteiger partial charge in [-0.15, -0.1) is 0 Å². The van der Waals surface area contributed by atoms with Crippen molar-refractivity contribution in [3.63, 3.8) is 0 Å². The highest BCUT2D eigenvalue weighted by molar-refractivity contribution is 6.06. The fraction of sp³-hybridized carbons (Fsp3) is 0.217. The van der Waals surface area contributed by atoms with E-state index in [4.69, 9.17) is 10.4 Å². The number of aliphatic hydroxyl groups excluding tert-OH is 1. The third kappa shape index (κ3) is 4.17. The second-order valence-corrected chi connectivity index (χ2v) is 7.24. The number of aromatic nitrogens is 3. The molecule has 0 bridgehead atoms. The fourth-order valence-electron chi connectivity index (χ4n) is 3.60. The Morgan fingerprint density at radius 3 is 2.65 bits per heavy atom. The zero-order chi connectivity index (χ0) is 21.8. The van der Waals surface area contributed by atoms with Crippen LogP contribution in [0.2, 0.25) is 0 Å². The number of nitriles is 1. The van der Waals surface area contributed by atoms with Gasteiger partial charge in [0.15, 0.2) is 5.82 Å². The first-order valence-corrected chi connectivity index (χ1v) is 10.0. The molecule has 1 unspecified atom stereocenters. The molecular formula is C23H22N6O2. The molecule has 3 aromatic rings. The summed E-state index contributed by atoms with van der Waals surface area (Å²) >= 11 is 0. The van der Waals surface area contributed by atoms with Crippen molar-refractivity contribution in [1.82, 2.24) is 14.8 Å². The van der Waals surface area contributed by atoms with Crippen LogP contribution >= 0.6 is 0 Å². The molecule has 0 saturated carbocycles. The van der Waals surface area contributed by atoms with Gasteiger partial charge in [0.2, 0.25) is 5.95 Å². The molecule has 0 saturated heterocycles. The van der Waals surface area contributed by atoms with Gasteiger partial charge in [-0.3, -0.25) is 4.79 Å². The van der Waals surface area contributed by atoms with Gasteiger partial charge < -0.3 is 15.7 Å². The number of nitrogens with zero attached hydrogens (tertiary/aromatic N) is 4. The Hall–Kier alpha value is -3.96. The molecule has 31 heavy (non-hydrogen) atoms. The highest BCUT2D eigenvalue weighted by Crippen LogP contribution is 2.35. The van der Waals surface area contributed by atoms with Gasteiger partial charge in [-0.05, 0) is 43.2 Å². The zero-order valence-electron chi connectivity index (χ0n) is 17.0. The number of anilines is 2. The molecule has 0 radical (unpaired) electrons. The second-order valence-electron chi connectivity index (χ2n) is 7.24. The molecule has 0 spiro atoms. The second kappa shape index (κ2) is 8.81. The predicted octanol–water partition coefficient (Wildman–Crippen LogP) is 3.00. The lowest BCUT2D eigenvalue weighted by Crippen LogP contribution is -2.31. The summed E-state index contributed by atoms with van der Waals surface area (Å²) in [6.45, 7) is 1.89. The van der Waals surface area contributed by atoms with Crippen LogP contribution in [0.15, 0.2) is 65.9 Å².